The highest BCUT2D eigenvalue weighted by Crippen LogP contribution is 2.29. The number of pyridine rings is 1. The van der Waals surface area contributed by atoms with Crippen LogP contribution >= 0.6 is 0 Å². The fourth-order valence-electron chi connectivity index (χ4n) is 4.02. The van der Waals surface area contributed by atoms with E-state index < -0.39 is 11.8 Å². The number of amides is 2. The fourth-order valence-corrected chi connectivity index (χ4v) is 4.02. The van der Waals surface area contributed by atoms with Crippen LogP contribution in [-0.2, 0) is 6.42 Å². The molecule has 0 aromatic carbocycles. The molecule has 32 heavy (non-hydrogen) atoms. The van der Waals surface area contributed by atoms with Crippen molar-refractivity contribution in [2.45, 2.75) is 33.1 Å². The van der Waals surface area contributed by atoms with Crippen LogP contribution in [0.5, 0.6) is 0 Å². The first kappa shape index (κ1) is 21.7. The van der Waals surface area contributed by atoms with Crippen LogP contribution in [0.1, 0.15) is 31.2 Å². The molecule has 2 amide bonds. The monoisotopic (exact) mass is 438 g/mol. The van der Waals surface area contributed by atoms with Crippen molar-refractivity contribution in [1.82, 2.24) is 30.2 Å². The zero-order chi connectivity index (χ0) is 22.5. The summed E-state index contributed by atoms with van der Waals surface area (Å²) in [5.41, 5.74) is 3.23. The van der Waals surface area contributed by atoms with Crippen molar-refractivity contribution in [2.75, 3.05) is 29.9 Å². The van der Waals surface area contributed by atoms with Crippen LogP contribution in [0.2, 0.25) is 0 Å². The number of hydrogen-bond donors (Lipinski definition) is 3. The second-order valence-electron chi connectivity index (χ2n) is 7.84. The summed E-state index contributed by atoms with van der Waals surface area (Å²) in [6.07, 6.45) is 7.14. The molecule has 0 bridgehead atoms. The normalized spacial score (nSPS) is 14.4. The Bertz CT molecular complexity index is 1060. The first-order valence-corrected chi connectivity index (χ1v) is 10.8. The fraction of sp³-hybridized carbons (Fsp3) is 0.409. The van der Waals surface area contributed by atoms with Crippen molar-refractivity contribution in [3.63, 3.8) is 0 Å². The Labute approximate surface area is 185 Å². The topological polar surface area (TPSA) is 112 Å². The number of piperidine rings is 1. The predicted octanol–water partition coefficient (Wildman–Crippen LogP) is 3.31. The number of nitrogens with one attached hydrogen (secondary N) is 3. The van der Waals surface area contributed by atoms with E-state index in [1.165, 1.54) is 6.33 Å². The molecule has 4 heterocycles. The van der Waals surface area contributed by atoms with Gasteiger partial charge in [-0.25, -0.2) is 29.1 Å². The van der Waals surface area contributed by atoms with Gasteiger partial charge in [-0.05, 0) is 51.2 Å². The standard InChI is InChI=1S/C22H27FN8O/c1-3-24-22(32)30-21-19(23)17(27-13-28-21)12-15-6-10-31(11-7-15)18-5-4-16(29-14(18)2)20-25-8-9-26-20/h4-5,8-9,13,15H,3,6-7,10-12H2,1-2H3,(H,25,26)(H2,24,27,28,30,32). The molecule has 0 spiro atoms. The molecular formula is C22H27FN8O. The Morgan fingerprint density at radius 1 is 1.25 bits per heavy atom. The molecule has 0 unspecified atom stereocenters. The third kappa shape index (κ3) is 4.84. The second-order valence-corrected chi connectivity index (χ2v) is 7.84. The van der Waals surface area contributed by atoms with Crippen LogP contribution in [0.4, 0.5) is 20.7 Å². The summed E-state index contributed by atoms with van der Waals surface area (Å²) >= 11 is 0. The van der Waals surface area contributed by atoms with Gasteiger partial charge in [-0.1, -0.05) is 0 Å². The van der Waals surface area contributed by atoms with Crippen molar-refractivity contribution in [3.8, 4) is 11.5 Å². The molecule has 4 rings (SSSR count). The second kappa shape index (κ2) is 9.71. The van der Waals surface area contributed by atoms with E-state index in [-0.39, 0.29) is 5.82 Å². The molecule has 3 aromatic heterocycles. The Morgan fingerprint density at radius 3 is 2.75 bits per heavy atom. The van der Waals surface area contributed by atoms with Crippen LogP contribution in [0.25, 0.3) is 11.5 Å². The van der Waals surface area contributed by atoms with E-state index in [2.05, 4.69) is 41.5 Å². The number of H-pyrrole nitrogens is 1. The molecule has 0 radical (unpaired) electrons. The van der Waals surface area contributed by atoms with Gasteiger partial charge in [0.15, 0.2) is 17.5 Å². The summed E-state index contributed by atoms with van der Waals surface area (Å²) in [7, 11) is 0. The summed E-state index contributed by atoms with van der Waals surface area (Å²) in [6.45, 7) is 5.98. The summed E-state index contributed by atoms with van der Waals surface area (Å²) < 4.78 is 14.8. The van der Waals surface area contributed by atoms with Crippen LogP contribution in [0, 0.1) is 18.7 Å². The third-order valence-electron chi connectivity index (χ3n) is 5.67. The zero-order valence-electron chi connectivity index (χ0n) is 18.2. The van der Waals surface area contributed by atoms with Gasteiger partial charge in [-0.15, -0.1) is 0 Å². The van der Waals surface area contributed by atoms with Gasteiger partial charge in [-0.2, -0.15) is 0 Å². The summed E-state index contributed by atoms with van der Waals surface area (Å²) in [6, 6.07) is 3.59. The van der Waals surface area contributed by atoms with Gasteiger partial charge < -0.3 is 15.2 Å². The van der Waals surface area contributed by atoms with E-state index >= 15 is 0 Å². The number of carbonyl (C=O) groups excluding carboxylic acids is 1. The molecule has 3 aromatic rings. The Morgan fingerprint density at radius 2 is 2.06 bits per heavy atom. The molecule has 1 fully saturated rings. The van der Waals surface area contributed by atoms with Crippen LogP contribution < -0.4 is 15.5 Å². The highest BCUT2D eigenvalue weighted by molar-refractivity contribution is 5.88. The van der Waals surface area contributed by atoms with Gasteiger partial charge in [0.1, 0.15) is 12.0 Å². The van der Waals surface area contributed by atoms with Crippen molar-refractivity contribution < 1.29 is 9.18 Å². The van der Waals surface area contributed by atoms with E-state index in [0.29, 0.717) is 24.6 Å². The summed E-state index contributed by atoms with van der Waals surface area (Å²) in [5, 5.41) is 5.01. The summed E-state index contributed by atoms with van der Waals surface area (Å²) in [5.74, 6) is 0.418. The Balaban J connectivity index is 1.37. The number of rotatable bonds is 6. The Kier molecular flexibility index (Phi) is 6.58. The van der Waals surface area contributed by atoms with Crippen molar-refractivity contribution in [1.29, 1.82) is 0 Å². The largest absolute Gasteiger partial charge is 0.370 e. The highest BCUT2D eigenvalue weighted by atomic mass is 19.1. The lowest BCUT2D eigenvalue weighted by molar-refractivity contribution is 0.252. The molecule has 1 saturated heterocycles. The highest BCUT2D eigenvalue weighted by Gasteiger charge is 2.24. The number of aryl methyl sites for hydroxylation is 1. The third-order valence-corrected chi connectivity index (χ3v) is 5.67. The van der Waals surface area contributed by atoms with E-state index in [1.807, 2.05) is 13.0 Å². The number of anilines is 2. The number of imidazole rings is 1. The maximum atomic E-state index is 14.8. The van der Waals surface area contributed by atoms with Gasteiger partial charge in [0.2, 0.25) is 0 Å². The van der Waals surface area contributed by atoms with Crippen molar-refractivity contribution in [3.05, 3.63) is 48.1 Å². The molecule has 0 aliphatic carbocycles. The van der Waals surface area contributed by atoms with E-state index in [0.717, 1.165) is 48.8 Å². The lowest BCUT2D eigenvalue weighted by atomic mass is 9.91. The quantitative estimate of drug-likeness (QED) is 0.544. The number of nitrogens with zero attached hydrogens (tertiary/aromatic N) is 5. The maximum Gasteiger partial charge on any atom is 0.320 e. The first-order chi connectivity index (χ1) is 15.5. The molecular weight excluding hydrogens is 411 g/mol. The average molecular weight is 439 g/mol. The van der Waals surface area contributed by atoms with Crippen LogP contribution in [0.15, 0.2) is 30.9 Å². The minimum Gasteiger partial charge on any atom is -0.370 e. The average Bonchev–Trinajstić information content (AvgIpc) is 3.32. The number of aromatic nitrogens is 5. The SMILES string of the molecule is CCNC(=O)Nc1ncnc(CC2CCN(c3ccc(-c4ncc[nH]4)nc3C)CC2)c1F. The molecule has 10 heteroatoms. The minimum absolute atomic E-state index is 0.0864. The van der Waals surface area contributed by atoms with Gasteiger partial charge in [0.25, 0.3) is 0 Å². The molecule has 1 aliphatic rings. The maximum absolute atomic E-state index is 14.8. The number of halogens is 1. The number of carbonyl (C=O) groups is 1. The van der Waals surface area contributed by atoms with Crippen molar-refractivity contribution in [2.24, 2.45) is 5.92 Å². The number of aromatic amines is 1. The lowest BCUT2D eigenvalue weighted by Gasteiger charge is -2.34. The molecule has 1 aliphatic heterocycles. The molecule has 0 saturated carbocycles. The molecule has 168 valence electrons. The first-order valence-electron chi connectivity index (χ1n) is 10.8. The number of urea groups is 1. The lowest BCUT2D eigenvalue weighted by Crippen LogP contribution is -2.35. The van der Waals surface area contributed by atoms with Gasteiger partial charge in [-0.3, -0.25) is 5.32 Å². The molecule has 3 N–H and O–H groups in total. The minimum atomic E-state index is -0.560. The van der Waals surface area contributed by atoms with Crippen LogP contribution in [-0.4, -0.2) is 50.6 Å². The van der Waals surface area contributed by atoms with E-state index in [1.54, 1.807) is 19.3 Å². The summed E-state index contributed by atoms with van der Waals surface area (Å²) in [4.78, 5) is 34.0. The van der Waals surface area contributed by atoms with E-state index in [4.69, 9.17) is 4.98 Å². The smallest absolute Gasteiger partial charge is 0.320 e. The molecule has 9 nitrogen and oxygen atoms in total. The Hall–Kier alpha value is -3.56. The number of hydrogen-bond acceptors (Lipinski definition) is 6. The molecule has 0 atom stereocenters. The zero-order valence-corrected chi connectivity index (χ0v) is 18.2. The van der Waals surface area contributed by atoms with Crippen molar-refractivity contribution >= 4 is 17.5 Å². The van der Waals surface area contributed by atoms with Gasteiger partial charge in [0.05, 0.1) is 17.1 Å². The van der Waals surface area contributed by atoms with Gasteiger partial charge >= 0.3 is 6.03 Å². The van der Waals surface area contributed by atoms with Crippen LogP contribution in [0.3, 0.4) is 0 Å². The van der Waals surface area contributed by atoms with E-state index in [9.17, 15) is 9.18 Å². The predicted molar refractivity (Wildman–Crippen MR) is 120 cm³/mol. The van der Waals surface area contributed by atoms with Gasteiger partial charge in [0, 0.05) is 32.0 Å².